The Morgan fingerprint density at radius 3 is 2.50 bits per heavy atom. The highest BCUT2D eigenvalue weighted by molar-refractivity contribution is 6.31. The van der Waals surface area contributed by atoms with Gasteiger partial charge in [-0.05, 0) is 31.0 Å². The molecule has 0 aromatic heterocycles. The third-order valence-electron chi connectivity index (χ3n) is 4.19. The Balaban J connectivity index is 1.84. The molecule has 5 nitrogen and oxygen atoms in total. The van der Waals surface area contributed by atoms with Crippen LogP contribution in [0.3, 0.4) is 0 Å². The molecule has 0 saturated heterocycles. The number of hydrogen-bond donors (Lipinski definition) is 1. The molecule has 0 atom stereocenters. The lowest BCUT2D eigenvalue weighted by molar-refractivity contribution is -0.125. The van der Waals surface area contributed by atoms with Crippen molar-refractivity contribution in [2.45, 2.75) is 51.0 Å². The van der Waals surface area contributed by atoms with Crippen molar-refractivity contribution in [3.8, 4) is 5.75 Å². The molecule has 132 valence electrons. The first-order valence-corrected chi connectivity index (χ1v) is 8.78. The molecule has 1 saturated carbocycles. The lowest BCUT2D eigenvalue weighted by atomic mass is 9.97. The second kappa shape index (κ2) is 9.52. The summed E-state index contributed by atoms with van der Waals surface area (Å²) in [7, 11) is 1.46. The van der Waals surface area contributed by atoms with Gasteiger partial charge in [0.15, 0.2) is 6.61 Å². The van der Waals surface area contributed by atoms with Crippen LogP contribution in [-0.2, 0) is 9.53 Å². The van der Waals surface area contributed by atoms with Crippen molar-refractivity contribution in [2.24, 2.45) is 0 Å². The van der Waals surface area contributed by atoms with Crippen LogP contribution in [0.25, 0.3) is 0 Å². The number of hydrogen-bond acceptors (Lipinski definition) is 4. The summed E-state index contributed by atoms with van der Waals surface area (Å²) in [5.74, 6) is -0.526. The Kier molecular flexibility index (Phi) is 7.37. The standard InChI is InChI=1S/C18H24ClNO4/c1-23-16-10-9-13(19)11-15(16)18(22)24-12-17(21)20-14-7-5-3-2-4-6-8-14/h9-11,14H,2-8,12H2,1H3,(H,20,21). The van der Waals surface area contributed by atoms with Crippen LogP contribution >= 0.6 is 11.6 Å². The highest BCUT2D eigenvalue weighted by Crippen LogP contribution is 2.23. The first-order valence-electron chi connectivity index (χ1n) is 8.40. The Hall–Kier alpha value is -1.75. The van der Waals surface area contributed by atoms with E-state index in [9.17, 15) is 9.59 Å². The van der Waals surface area contributed by atoms with Crippen molar-refractivity contribution >= 4 is 23.5 Å². The minimum absolute atomic E-state index is 0.178. The average Bonchev–Trinajstić information content (AvgIpc) is 2.55. The van der Waals surface area contributed by atoms with Crippen LogP contribution in [-0.4, -0.2) is 31.6 Å². The van der Waals surface area contributed by atoms with Gasteiger partial charge in [0.05, 0.1) is 7.11 Å². The van der Waals surface area contributed by atoms with E-state index in [1.165, 1.54) is 32.4 Å². The maximum Gasteiger partial charge on any atom is 0.342 e. The third kappa shape index (κ3) is 5.71. The number of amides is 1. The zero-order chi connectivity index (χ0) is 17.4. The molecule has 0 spiro atoms. The highest BCUT2D eigenvalue weighted by atomic mass is 35.5. The molecule has 0 radical (unpaired) electrons. The minimum Gasteiger partial charge on any atom is -0.496 e. The van der Waals surface area contributed by atoms with Gasteiger partial charge in [-0.1, -0.05) is 43.7 Å². The van der Waals surface area contributed by atoms with Gasteiger partial charge in [-0.3, -0.25) is 4.79 Å². The molecule has 0 aliphatic heterocycles. The SMILES string of the molecule is COc1ccc(Cl)cc1C(=O)OCC(=O)NC1CCCCCCC1. The van der Waals surface area contributed by atoms with Gasteiger partial charge in [-0.25, -0.2) is 4.79 Å². The van der Waals surface area contributed by atoms with Gasteiger partial charge in [0, 0.05) is 11.1 Å². The van der Waals surface area contributed by atoms with Crippen LogP contribution in [0.5, 0.6) is 5.75 Å². The first kappa shape index (κ1) is 18.6. The predicted molar refractivity (Wildman–Crippen MR) is 92.5 cm³/mol. The zero-order valence-corrected chi connectivity index (χ0v) is 14.7. The predicted octanol–water partition coefficient (Wildman–Crippen LogP) is 3.73. The fraction of sp³-hybridized carbons (Fsp3) is 0.556. The topological polar surface area (TPSA) is 64.6 Å². The number of rotatable bonds is 5. The number of esters is 1. The van der Waals surface area contributed by atoms with Gasteiger partial charge in [0.1, 0.15) is 11.3 Å². The maximum absolute atomic E-state index is 12.1. The molecule has 1 aliphatic carbocycles. The molecule has 6 heteroatoms. The van der Waals surface area contributed by atoms with Gasteiger partial charge in [-0.2, -0.15) is 0 Å². The quantitative estimate of drug-likeness (QED) is 0.819. The van der Waals surface area contributed by atoms with Crippen molar-refractivity contribution in [3.05, 3.63) is 28.8 Å². The Morgan fingerprint density at radius 2 is 1.83 bits per heavy atom. The van der Waals surface area contributed by atoms with E-state index >= 15 is 0 Å². The number of carbonyl (C=O) groups excluding carboxylic acids is 2. The molecule has 0 unspecified atom stereocenters. The number of benzene rings is 1. The number of nitrogens with one attached hydrogen (secondary N) is 1. The monoisotopic (exact) mass is 353 g/mol. The van der Waals surface area contributed by atoms with Crippen molar-refractivity contribution in [3.63, 3.8) is 0 Å². The first-order chi connectivity index (χ1) is 11.6. The maximum atomic E-state index is 12.1. The van der Waals surface area contributed by atoms with E-state index in [1.807, 2.05) is 0 Å². The second-order valence-electron chi connectivity index (χ2n) is 6.03. The zero-order valence-electron chi connectivity index (χ0n) is 14.0. The summed E-state index contributed by atoms with van der Waals surface area (Å²) >= 11 is 5.90. The lowest BCUT2D eigenvalue weighted by Crippen LogP contribution is -2.38. The molecule has 1 aliphatic rings. The van der Waals surface area contributed by atoms with Gasteiger partial charge in [0.2, 0.25) is 0 Å². The van der Waals surface area contributed by atoms with E-state index in [0.717, 1.165) is 25.7 Å². The number of halogens is 1. The lowest BCUT2D eigenvalue weighted by Gasteiger charge is -2.21. The van der Waals surface area contributed by atoms with Crippen LogP contribution < -0.4 is 10.1 Å². The van der Waals surface area contributed by atoms with Gasteiger partial charge >= 0.3 is 5.97 Å². The van der Waals surface area contributed by atoms with E-state index in [4.69, 9.17) is 21.1 Å². The fourth-order valence-electron chi connectivity index (χ4n) is 2.92. The summed E-state index contributed by atoms with van der Waals surface area (Å²) in [6.45, 7) is -0.301. The van der Waals surface area contributed by atoms with E-state index in [2.05, 4.69) is 5.32 Å². The van der Waals surface area contributed by atoms with Crippen molar-refractivity contribution in [1.82, 2.24) is 5.32 Å². The van der Waals surface area contributed by atoms with Crippen LogP contribution in [0.4, 0.5) is 0 Å². The summed E-state index contributed by atoms with van der Waals surface area (Å²) in [4.78, 5) is 24.2. The van der Waals surface area contributed by atoms with Crippen molar-refractivity contribution in [2.75, 3.05) is 13.7 Å². The van der Waals surface area contributed by atoms with Crippen LogP contribution in [0.15, 0.2) is 18.2 Å². The minimum atomic E-state index is -0.623. The Bertz CT molecular complexity index is 568. The molecule has 1 aromatic carbocycles. The fourth-order valence-corrected chi connectivity index (χ4v) is 3.09. The Morgan fingerprint density at radius 1 is 1.17 bits per heavy atom. The molecule has 1 amide bonds. The number of methoxy groups -OCH3 is 1. The smallest absolute Gasteiger partial charge is 0.342 e. The summed E-state index contributed by atoms with van der Waals surface area (Å²) in [6, 6.07) is 4.86. The molecular weight excluding hydrogens is 330 g/mol. The van der Waals surface area contributed by atoms with Crippen molar-refractivity contribution < 1.29 is 19.1 Å². The third-order valence-corrected chi connectivity index (χ3v) is 4.42. The van der Waals surface area contributed by atoms with Crippen molar-refractivity contribution in [1.29, 1.82) is 0 Å². The summed E-state index contributed by atoms with van der Waals surface area (Å²) in [5.41, 5.74) is 0.212. The Labute approximate surface area is 147 Å². The summed E-state index contributed by atoms with van der Waals surface area (Å²) in [6.07, 6.45) is 7.95. The van der Waals surface area contributed by atoms with E-state index in [-0.39, 0.29) is 24.1 Å². The molecule has 2 rings (SSSR count). The van der Waals surface area contributed by atoms with Crippen LogP contribution in [0, 0.1) is 0 Å². The van der Waals surface area contributed by atoms with Gasteiger partial charge in [0.25, 0.3) is 5.91 Å². The highest BCUT2D eigenvalue weighted by Gasteiger charge is 2.18. The normalized spacial score (nSPS) is 15.9. The summed E-state index contributed by atoms with van der Waals surface area (Å²) < 4.78 is 10.2. The number of carbonyl (C=O) groups is 2. The largest absolute Gasteiger partial charge is 0.496 e. The molecule has 1 aromatic rings. The molecule has 1 fully saturated rings. The van der Waals surface area contributed by atoms with Gasteiger partial charge in [-0.15, -0.1) is 0 Å². The van der Waals surface area contributed by atoms with E-state index in [1.54, 1.807) is 12.1 Å². The molecule has 0 bridgehead atoms. The van der Waals surface area contributed by atoms with Crippen LogP contribution in [0.1, 0.15) is 55.3 Å². The van der Waals surface area contributed by atoms with E-state index in [0.29, 0.717) is 10.8 Å². The van der Waals surface area contributed by atoms with E-state index < -0.39 is 5.97 Å². The summed E-state index contributed by atoms with van der Waals surface area (Å²) in [5, 5.41) is 3.36. The van der Waals surface area contributed by atoms with Gasteiger partial charge < -0.3 is 14.8 Å². The number of ether oxygens (including phenoxy) is 2. The molecule has 1 N–H and O–H groups in total. The van der Waals surface area contributed by atoms with Crippen LogP contribution in [0.2, 0.25) is 5.02 Å². The molecular formula is C18H24ClNO4. The molecule has 0 heterocycles. The average molecular weight is 354 g/mol. The second-order valence-corrected chi connectivity index (χ2v) is 6.47. The molecule has 24 heavy (non-hydrogen) atoms.